The van der Waals surface area contributed by atoms with Gasteiger partial charge >= 0.3 is 0 Å². The van der Waals surface area contributed by atoms with Crippen LogP contribution in [0.2, 0.25) is 0 Å². The molecule has 0 unspecified atom stereocenters. The fourth-order valence-electron chi connectivity index (χ4n) is 4.96. The summed E-state index contributed by atoms with van der Waals surface area (Å²) >= 11 is 0. The van der Waals surface area contributed by atoms with Gasteiger partial charge in [-0.25, -0.2) is 9.67 Å². The second-order valence-corrected chi connectivity index (χ2v) is 9.77. The van der Waals surface area contributed by atoms with Crippen molar-refractivity contribution in [2.45, 2.75) is 33.6 Å². The fraction of sp³-hybridized carbons (Fsp3) is 0.385. The van der Waals surface area contributed by atoms with Gasteiger partial charge in [-0.1, -0.05) is 19.9 Å². The van der Waals surface area contributed by atoms with Crippen LogP contribution < -0.4 is 4.90 Å². The molecule has 0 spiro atoms. The number of benzene rings is 1. The van der Waals surface area contributed by atoms with E-state index in [0.29, 0.717) is 25.1 Å². The van der Waals surface area contributed by atoms with Crippen LogP contribution in [0, 0.1) is 12.3 Å². The lowest BCUT2D eigenvalue weighted by molar-refractivity contribution is 0.0746. The Hall–Kier alpha value is -3.48. The fourth-order valence-corrected chi connectivity index (χ4v) is 4.96. The van der Waals surface area contributed by atoms with E-state index in [1.807, 2.05) is 59.0 Å². The van der Waals surface area contributed by atoms with Crippen LogP contribution in [-0.4, -0.2) is 57.5 Å². The lowest BCUT2D eigenvalue weighted by atomic mass is 9.75. The molecule has 5 rings (SSSR count). The number of carbonyl (C=O) groups is 2. The van der Waals surface area contributed by atoms with Crippen molar-refractivity contribution in [2.75, 3.05) is 31.1 Å². The number of nitrogens with zero attached hydrogens (tertiary/aromatic N) is 5. The first-order valence-electron chi connectivity index (χ1n) is 11.5. The molecule has 7 nitrogen and oxygen atoms in total. The van der Waals surface area contributed by atoms with E-state index in [9.17, 15) is 9.59 Å². The summed E-state index contributed by atoms with van der Waals surface area (Å²) in [4.78, 5) is 34.3. The van der Waals surface area contributed by atoms with Crippen LogP contribution >= 0.6 is 0 Å². The first-order valence-corrected chi connectivity index (χ1v) is 11.5. The average molecular weight is 444 g/mol. The predicted molar refractivity (Wildman–Crippen MR) is 127 cm³/mol. The molecule has 2 aliphatic rings. The van der Waals surface area contributed by atoms with Crippen molar-refractivity contribution in [3.63, 3.8) is 0 Å². The quantitative estimate of drug-likeness (QED) is 0.617. The number of hydrogen-bond acceptors (Lipinski definition) is 5. The number of piperazine rings is 1. The molecular weight excluding hydrogens is 414 g/mol. The van der Waals surface area contributed by atoms with Gasteiger partial charge in [0.2, 0.25) is 0 Å². The molecule has 0 N–H and O–H groups in total. The average Bonchev–Trinajstić information content (AvgIpc) is 3.14. The highest BCUT2D eigenvalue weighted by Gasteiger charge is 2.35. The minimum absolute atomic E-state index is 0.0391. The van der Waals surface area contributed by atoms with Crippen molar-refractivity contribution in [3.8, 4) is 5.69 Å². The van der Waals surface area contributed by atoms with Crippen molar-refractivity contribution in [3.05, 3.63) is 71.2 Å². The third-order valence-corrected chi connectivity index (χ3v) is 6.62. The van der Waals surface area contributed by atoms with Gasteiger partial charge in [-0.15, -0.1) is 0 Å². The van der Waals surface area contributed by atoms with E-state index < -0.39 is 0 Å². The van der Waals surface area contributed by atoms with E-state index in [4.69, 9.17) is 0 Å². The summed E-state index contributed by atoms with van der Waals surface area (Å²) in [5.74, 6) is 1.16. The summed E-state index contributed by atoms with van der Waals surface area (Å²) < 4.78 is 1.88. The van der Waals surface area contributed by atoms with Crippen LogP contribution in [-0.2, 0) is 6.42 Å². The highest BCUT2D eigenvalue weighted by atomic mass is 16.2. The Kier molecular flexibility index (Phi) is 5.27. The van der Waals surface area contributed by atoms with Crippen molar-refractivity contribution in [1.29, 1.82) is 0 Å². The highest BCUT2D eigenvalue weighted by Crippen LogP contribution is 2.37. The highest BCUT2D eigenvalue weighted by molar-refractivity contribution is 6.00. The third kappa shape index (κ3) is 4.03. The molecule has 0 saturated carbocycles. The smallest absolute Gasteiger partial charge is 0.253 e. The molecule has 1 saturated heterocycles. The minimum atomic E-state index is -0.0817. The van der Waals surface area contributed by atoms with Crippen LogP contribution in [0.3, 0.4) is 0 Å². The Balaban J connectivity index is 1.32. The molecule has 33 heavy (non-hydrogen) atoms. The van der Waals surface area contributed by atoms with Crippen molar-refractivity contribution in [1.82, 2.24) is 19.7 Å². The first-order chi connectivity index (χ1) is 15.8. The number of pyridine rings is 1. The Bertz CT molecular complexity index is 1190. The van der Waals surface area contributed by atoms with Gasteiger partial charge in [-0.05, 0) is 55.2 Å². The van der Waals surface area contributed by atoms with E-state index >= 15 is 0 Å². The summed E-state index contributed by atoms with van der Waals surface area (Å²) in [6, 6.07) is 13.5. The molecule has 1 fully saturated rings. The molecule has 7 heteroatoms. The number of aryl methyl sites for hydroxylation is 1. The zero-order valence-electron chi connectivity index (χ0n) is 19.4. The second kappa shape index (κ2) is 8.14. The maximum Gasteiger partial charge on any atom is 0.253 e. The van der Waals surface area contributed by atoms with E-state index in [-0.39, 0.29) is 17.1 Å². The normalized spacial score (nSPS) is 17.7. The maximum absolute atomic E-state index is 13.1. The van der Waals surface area contributed by atoms with Gasteiger partial charge in [0.25, 0.3) is 5.91 Å². The summed E-state index contributed by atoms with van der Waals surface area (Å²) in [5, 5.41) is 4.67. The van der Waals surface area contributed by atoms with E-state index in [0.717, 1.165) is 48.0 Å². The van der Waals surface area contributed by atoms with Crippen LogP contribution in [0.15, 0.2) is 48.7 Å². The van der Waals surface area contributed by atoms with Gasteiger partial charge in [0.05, 0.1) is 22.6 Å². The van der Waals surface area contributed by atoms with Gasteiger partial charge in [0.1, 0.15) is 5.82 Å². The largest absolute Gasteiger partial charge is 0.353 e. The molecule has 0 atom stereocenters. The van der Waals surface area contributed by atoms with Crippen LogP contribution in [0.4, 0.5) is 5.82 Å². The molecule has 1 aliphatic heterocycles. The molecule has 170 valence electrons. The van der Waals surface area contributed by atoms with Crippen molar-refractivity contribution in [2.24, 2.45) is 5.41 Å². The van der Waals surface area contributed by atoms with Gasteiger partial charge in [-0.2, -0.15) is 5.10 Å². The monoisotopic (exact) mass is 443 g/mol. The lowest BCUT2D eigenvalue weighted by Gasteiger charge is -2.35. The topological polar surface area (TPSA) is 71.3 Å². The van der Waals surface area contributed by atoms with Gasteiger partial charge < -0.3 is 9.80 Å². The maximum atomic E-state index is 13.1. The minimum Gasteiger partial charge on any atom is -0.353 e. The SMILES string of the molecule is Cc1nn(-c2ccc(C(=O)N3CCN(c4ccccn4)CC3)cc2)c2c1C(=O)CC(C)(C)C2. The number of hydrogen-bond donors (Lipinski definition) is 0. The molecule has 1 aromatic carbocycles. The number of Topliss-reactive ketones (excluding diaryl/α,β-unsaturated/α-hetero) is 1. The lowest BCUT2D eigenvalue weighted by Crippen LogP contribution is -2.49. The van der Waals surface area contributed by atoms with E-state index in [2.05, 4.69) is 28.8 Å². The number of fused-ring (bicyclic) bond motifs is 1. The molecule has 2 aromatic heterocycles. The van der Waals surface area contributed by atoms with Crippen molar-refractivity contribution < 1.29 is 9.59 Å². The van der Waals surface area contributed by atoms with Crippen LogP contribution in [0.1, 0.15) is 52.4 Å². The zero-order chi connectivity index (χ0) is 23.2. The molecule has 0 bridgehead atoms. The van der Waals surface area contributed by atoms with E-state index in [1.165, 1.54) is 0 Å². The summed E-state index contributed by atoms with van der Waals surface area (Å²) in [5.41, 5.74) is 3.97. The number of carbonyl (C=O) groups excluding carboxylic acids is 2. The van der Waals surface area contributed by atoms with Gasteiger partial charge in [0, 0.05) is 44.4 Å². The number of anilines is 1. The second-order valence-electron chi connectivity index (χ2n) is 9.77. The van der Waals surface area contributed by atoms with Crippen LogP contribution in [0.25, 0.3) is 5.69 Å². The predicted octanol–water partition coefficient (Wildman–Crippen LogP) is 3.69. The Labute approximate surface area is 194 Å². The Morgan fingerprint density at radius 3 is 2.36 bits per heavy atom. The molecule has 0 radical (unpaired) electrons. The zero-order valence-corrected chi connectivity index (χ0v) is 19.4. The standard InChI is InChI=1S/C26H29N5O2/c1-18-24-21(16-26(2,3)17-22(24)32)31(28-18)20-9-7-19(8-10-20)25(33)30-14-12-29(13-15-30)23-6-4-5-11-27-23/h4-11H,12-17H2,1-3H3. The number of rotatable bonds is 3. The third-order valence-electron chi connectivity index (χ3n) is 6.62. The summed E-state index contributed by atoms with van der Waals surface area (Å²) in [6.07, 6.45) is 3.15. The Morgan fingerprint density at radius 1 is 0.970 bits per heavy atom. The van der Waals surface area contributed by atoms with Crippen molar-refractivity contribution >= 4 is 17.5 Å². The van der Waals surface area contributed by atoms with Gasteiger partial charge in [-0.3, -0.25) is 9.59 Å². The summed E-state index contributed by atoms with van der Waals surface area (Å²) in [7, 11) is 0. The summed E-state index contributed by atoms with van der Waals surface area (Å²) in [6.45, 7) is 9.01. The Morgan fingerprint density at radius 2 is 1.70 bits per heavy atom. The van der Waals surface area contributed by atoms with E-state index in [1.54, 1.807) is 6.20 Å². The molecule has 3 heterocycles. The number of ketones is 1. The first kappa shape index (κ1) is 21.4. The number of aromatic nitrogens is 3. The number of amides is 1. The molecule has 1 amide bonds. The molecular formula is C26H29N5O2. The van der Waals surface area contributed by atoms with Gasteiger partial charge in [0.15, 0.2) is 5.78 Å². The van der Waals surface area contributed by atoms with Crippen LogP contribution in [0.5, 0.6) is 0 Å². The molecule has 1 aliphatic carbocycles. The molecule has 3 aromatic rings.